The number of hydrogen-bond acceptors (Lipinski definition) is 2. The molecule has 0 spiro atoms. The number of carbonyl (C=O) groups is 1. The third-order valence-corrected chi connectivity index (χ3v) is 5.74. The molecule has 4 atom stereocenters. The second-order valence-corrected chi connectivity index (χ2v) is 7.57. The van der Waals surface area contributed by atoms with Gasteiger partial charge in [-0.15, -0.1) is 0 Å². The Morgan fingerprint density at radius 1 is 1.11 bits per heavy atom. The Morgan fingerprint density at radius 3 is 2.28 bits per heavy atom. The molecule has 2 aliphatic carbocycles. The number of hydrogen-bond donors (Lipinski definition) is 2. The average Bonchev–Trinajstić information content (AvgIpc) is 2.12. The van der Waals surface area contributed by atoms with E-state index in [-0.39, 0.29) is 10.8 Å². The molecule has 0 saturated heterocycles. The van der Waals surface area contributed by atoms with Crippen LogP contribution in [-0.4, -0.2) is 21.8 Å². The summed E-state index contributed by atoms with van der Waals surface area (Å²) in [5, 5.41) is 20.1. The van der Waals surface area contributed by atoms with Crippen molar-refractivity contribution >= 4 is 5.97 Å². The maximum atomic E-state index is 11.7. The molecule has 18 heavy (non-hydrogen) atoms. The van der Waals surface area contributed by atoms with Crippen LogP contribution in [0, 0.1) is 22.7 Å². The molecular formula is C15H26O3. The van der Waals surface area contributed by atoms with Crippen molar-refractivity contribution in [2.24, 2.45) is 22.7 Å². The molecule has 2 N–H and O–H groups in total. The highest BCUT2D eigenvalue weighted by Crippen LogP contribution is 2.61. The first-order valence-electron chi connectivity index (χ1n) is 7.06. The SMILES string of the molecule is CC1(C)CCCC2(C)C1CCC(C)(O)C2C(=O)O. The van der Waals surface area contributed by atoms with Gasteiger partial charge in [-0.3, -0.25) is 4.79 Å². The van der Waals surface area contributed by atoms with Gasteiger partial charge in [-0.25, -0.2) is 0 Å². The third-order valence-electron chi connectivity index (χ3n) is 5.74. The van der Waals surface area contributed by atoms with E-state index in [2.05, 4.69) is 20.8 Å². The quantitative estimate of drug-likeness (QED) is 0.756. The van der Waals surface area contributed by atoms with Gasteiger partial charge < -0.3 is 10.2 Å². The van der Waals surface area contributed by atoms with Crippen LogP contribution in [0.25, 0.3) is 0 Å². The van der Waals surface area contributed by atoms with E-state index in [9.17, 15) is 15.0 Å². The van der Waals surface area contributed by atoms with E-state index >= 15 is 0 Å². The molecule has 0 amide bonds. The summed E-state index contributed by atoms with van der Waals surface area (Å²) in [7, 11) is 0. The van der Waals surface area contributed by atoms with Gasteiger partial charge in [0.05, 0.1) is 11.5 Å². The maximum Gasteiger partial charge on any atom is 0.309 e. The molecule has 3 nitrogen and oxygen atoms in total. The summed E-state index contributed by atoms with van der Waals surface area (Å²) in [6.45, 7) is 8.31. The van der Waals surface area contributed by atoms with Crippen molar-refractivity contribution in [3.63, 3.8) is 0 Å². The lowest BCUT2D eigenvalue weighted by Crippen LogP contribution is -2.60. The van der Waals surface area contributed by atoms with Gasteiger partial charge in [0.25, 0.3) is 0 Å². The van der Waals surface area contributed by atoms with Crippen molar-refractivity contribution in [3.8, 4) is 0 Å². The van der Waals surface area contributed by atoms with Gasteiger partial charge in [0, 0.05) is 0 Å². The van der Waals surface area contributed by atoms with Crippen LogP contribution in [0.3, 0.4) is 0 Å². The Hall–Kier alpha value is -0.570. The van der Waals surface area contributed by atoms with E-state index in [0.29, 0.717) is 12.3 Å². The first-order valence-corrected chi connectivity index (χ1v) is 7.06. The fraction of sp³-hybridized carbons (Fsp3) is 0.933. The van der Waals surface area contributed by atoms with E-state index in [1.165, 1.54) is 6.42 Å². The molecular weight excluding hydrogens is 228 g/mol. The van der Waals surface area contributed by atoms with Crippen LogP contribution in [0.5, 0.6) is 0 Å². The summed E-state index contributed by atoms with van der Waals surface area (Å²) < 4.78 is 0. The van der Waals surface area contributed by atoms with Crippen LogP contribution in [0.4, 0.5) is 0 Å². The predicted molar refractivity (Wildman–Crippen MR) is 70.2 cm³/mol. The zero-order chi connectivity index (χ0) is 13.8. The molecule has 0 aromatic heterocycles. The molecule has 104 valence electrons. The van der Waals surface area contributed by atoms with Crippen LogP contribution in [0.2, 0.25) is 0 Å². The smallest absolute Gasteiger partial charge is 0.309 e. The van der Waals surface area contributed by atoms with Crippen molar-refractivity contribution < 1.29 is 15.0 Å². The fourth-order valence-electron chi connectivity index (χ4n) is 5.07. The molecule has 0 aromatic rings. The van der Waals surface area contributed by atoms with Gasteiger partial charge in [0.15, 0.2) is 0 Å². The predicted octanol–water partition coefficient (Wildman–Crippen LogP) is 3.06. The van der Waals surface area contributed by atoms with Crippen molar-refractivity contribution in [2.45, 2.75) is 65.4 Å². The maximum absolute atomic E-state index is 11.7. The van der Waals surface area contributed by atoms with Crippen molar-refractivity contribution in [2.75, 3.05) is 0 Å². The van der Waals surface area contributed by atoms with Crippen molar-refractivity contribution in [1.29, 1.82) is 0 Å². The summed E-state index contributed by atoms with van der Waals surface area (Å²) >= 11 is 0. The summed E-state index contributed by atoms with van der Waals surface area (Å²) in [6.07, 6.45) is 4.71. The first-order chi connectivity index (χ1) is 8.11. The molecule has 2 rings (SSSR count). The van der Waals surface area contributed by atoms with Gasteiger partial charge >= 0.3 is 5.97 Å². The number of aliphatic carboxylic acids is 1. The van der Waals surface area contributed by atoms with Crippen LogP contribution in [0.15, 0.2) is 0 Å². The average molecular weight is 254 g/mol. The number of fused-ring (bicyclic) bond motifs is 1. The second-order valence-electron chi connectivity index (χ2n) is 7.57. The zero-order valence-corrected chi connectivity index (χ0v) is 12.0. The molecule has 2 aliphatic rings. The van der Waals surface area contributed by atoms with Gasteiger partial charge in [0.1, 0.15) is 0 Å². The molecule has 2 fully saturated rings. The summed E-state index contributed by atoms with van der Waals surface area (Å²) in [6, 6.07) is 0. The minimum atomic E-state index is -1.06. The van der Waals surface area contributed by atoms with E-state index in [1.807, 2.05) is 0 Å². The topological polar surface area (TPSA) is 57.5 Å². The lowest BCUT2D eigenvalue weighted by Gasteiger charge is -2.59. The lowest BCUT2D eigenvalue weighted by atomic mass is 9.45. The molecule has 4 unspecified atom stereocenters. The number of aliphatic hydroxyl groups is 1. The molecule has 0 radical (unpaired) electrons. The molecule has 0 aliphatic heterocycles. The second kappa shape index (κ2) is 3.96. The van der Waals surface area contributed by atoms with E-state index in [4.69, 9.17) is 0 Å². The van der Waals surface area contributed by atoms with Gasteiger partial charge in [0.2, 0.25) is 0 Å². The minimum absolute atomic E-state index is 0.192. The third kappa shape index (κ3) is 1.87. The largest absolute Gasteiger partial charge is 0.481 e. The molecule has 3 heteroatoms. The van der Waals surface area contributed by atoms with Gasteiger partial charge in [-0.1, -0.05) is 27.2 Å². The minimum Gasteiger partial charge on any atom is -0.481 e. The highest BCUT2D eigenvalue weighted by molar-refractivity contribution is 5.73. The number of rotatable bonds is 1. The molecule has 0 aromatic carbocycles. The Labute approximate surface area is 110 Å². The first kappa shape index (κ1) is 13.9. The number of carboxylic acids is 1. The van der Waals surface area contributed by atoms with E-state index in [1.54, 1.807) is 6.92 Å². The highest BCUT2D eigenvalue weighted by Gasteiger charge is 2.60. The monoisotopic (exact) mass is 254 g/mol. The van der Waals surface area contributed by atoms with Gasteiger partial charge in [-0.2, -0.15) is 0 Å². The van der Waals surface area contributed by atoms with Crippen molar-refractivity contribution in [3.05, 3.63) is 0 Å². The number of carboxylic acid groups (broad SMARTS) is 1. The van der Waals surface area contributed by atoms with Crippen LogP contribution >= 0.6 is 0 Å². The fourth-order valence-corrected chi connectivity index (χ4v) is 5.07. The Balaban J connectivity index is 2.45. The molecule has 0 heterocycles. The summed E-state index contributed by atoms with van der Waals surface area (Å²) in [5.74, 6) is -1.06. The Bertz CT molecular complexity index is 359. The van der Waals surface area contributed by atoms with Crippen LogP contribution in [0.1, 0.15) is 59.8 Å². The molecule has 0 bridgehead atoms. The standard InChI is InChI=1S/C15H26O3/c1-13(2)7-5-8-14(3)10(13)6-9-15(4,18)11(14)12(16)17/h10-11,18H,5-9H2,1-4H3,(H,16,17). The summed E-state index contributed by atoms with van der Waals surface area (Å²) in [5.41, 5.74) is -1.14. The molecule has 2 saturated carbocycles. The summed E-state index contributed by atoms with van der Waals surface area (Å²) in [4.78, 5) is 11.7. The normalized spacial score (nSPS) is 47.4. The van der Waals surface area contributed by atoms with E-state index < -0.39 is 17.5 Å². The van der Waals surface area contributed by atoms with Crippen LogP contribution in [-0.2, 0) is 4.79 Å². The van der Waals surface area contributed by atoms with E-state index in [0.717, 1.165) is 19.3 Å². The Kier molecular flexibility index (Phi) is 3.05. The highest BCUT2D eigenvalue weighted by atomic mass is 16.4. The zero-order valence-electron chi connectivity index (χ0n) is 12.0. The van der Waals surface area contributed by atoms with Crippen LogP contribution < -0.4 is 0 Å². The van der Waals surface area contributed by atoms with Crippen molar-refractivity contribution in [1.82, 2.24) is 0 Å². The lowest BCUT2D eigenvalue weighted by molar-refractivity contribution is -0.192. The van der Waals surface area contributed by atoms with Gasteiger partial charge in [-0.05, 0) is 49.4 Å². The Morgan fingerprint density at radius 2 is 1.72 bits per heavy atom.